The van der Waals surface area contributed by atoms with Crippen molar-refractivity contribution in [1.29, 1.82) is 0 Å². The van der Waals surface area contributed by atoms with Crippen molar-refractivity contribution in [3.63, 3.8) is 0 Å². The molecule has 0 saturated carbocycles. The number of hydrogen-bond acceptors (Lipinski definition) is 4. The monoisotopic (exact) mass is 358 g/mol. The highest BCUT2D eigenvalue weighted by molar-refractivity contribution is 9.10. The molecule has 0 unspecified atom stereocenters. The van der Waals surface area contributed by atoms with Crippen molar-refractivity contribution in [2.24, 2.45) is 10.2 Å². The van der Waals surface area contributed by atoms with Gasteiger partial charge in [-0.25, -0.2) is 4.98 Å². The third kappa shape index (κ3) is 2.74. The minimum Gasteiger partial charge on any atom is -0.504 e. The SMILES string of the molecule is CC(C)c1nc2c(O)cccn2c1N=Nc1cccc(Br)c1. The Balaban J connectivity index is 2.13. The highest BCUT2D eigenvalue weighted by Crippen LogP contribution is 2.32. The van der Waals surface area contributed by atoms with Gasteiger partial charge in [-0.1, -0.05) is 35.8 Å². The van der Waals surface area contributed by atoms with Crippen molar-refractivity contribution >= 4 is 33.1 Å². The predicted octanol–water partition coefficient (Wildman–Crippen LogP) is 5.34. The smallest absolute Gasteiger partial charge is 0.183 e. The quantitative estimate of drug-likeness (QED) is 0.642. The fraction of sp³-hybridized carbons (Fsp3) is 0.188. The molecule has 2 aromatic heterocycles. The number of aromatic nitrogens is 2. The van der Waals surface area contributed by atoms with Crippen molar-refractivity contribution in [1.82, 2.24) is 9.38 Å². The first-order valence-corrected chi connectivity index (χ1v) is 7.73. The summed E-state index contributed by atoms with van der Waals surface area (Å²) in [7, 11) is 0. The van der Waals surface area contributed by atoms with Crippen LogP contribution in [0.3, 0.4) is 0 Å². The molecule has 0 amide bonds. The lowest BCUT2D eigenvalue weighted by Gasteiger charge is -2.01. The molecule has 0 aliphatic carbocycles. The van der Waals surface area contributed by atoms with Crippen LogP contribution in [0.4, 0.5) is 11.5 Å². The van der Waals surface area contributed by atoms with Gasteiger partial charge in [0.2, 0.25) is 0 Å². The number of nitrogens with zero attached hydrogens (tertiary/aromatic N) is 4. The number of fused-ring (bicyclic) bond motifs is 1. The van der Waals surface area contributed by atoms with Crippen LogP contribution in [-0.2, 0) is 0 Å². The Labute approximate surface area is 136 Å². The molecule has 0 spiro atoms. The molecule has 0 aliphatic heterocycles. The van der Waals surface area contributed by atoms with Gasteiger partial charge in [0.25, 0.3) is 0 Å². The molecule has 0 fully saturated rings. The molecule has 1 aromatic carbocycles. The number of imidazole rings is 1. The van der Waals surface area contributed by atoms with E-state index in [-0.39, 0.29) is 11.7 Å². The average molecular weight is 359 g/mol. The van der Waals surface area contributed by atoms with E-state index in [1.807, 2.05) is 44.3 Å². The van der Waals surface area contributed by atoms with E-state index in [0.717, 1.165) is 15.9 Å². The van der Waals surface area contributed by atoms with E-state index in [1.165, 1.54) is 0 Å². The number of aromatic hydroxyl groups is 1. The van der Waals surface area contributed by atoms with Crippen molar-refractivity contribution in [2.45, 2.75) is 19.8 Å². The summed E-state index contributed by atoms with van der Waals surface area (Å²) in [6.45, 7) is 4.08. The largest absolute Gasteiger partial charge is 0.504 e. The second kappa shape index (κ2) is 5.88. The van der Waals surface area contributed by atoms with E-state index in [9.17, 15) is 5.11 Å². The van der Waals surface area contributed by atoms with Crippen molar-refractivity contribution in [3.05, 3.63) is 52.8 Å². The van der Waals surface area contributed by atoms with Gasteiger partial charge in [0, 0.05) is 10.7 Å². The van der Waals surface area contributed by atoms with Crippen molar-refractivity contribution in [2.75, 3.05) is 0 Å². The fourth-order valence-electron chi connectivity index (χ4n) is 2.19. The first kappa shape index (κ1) is 14.7. The van der Waals surface area contributed by atoms with Crippen molar-refractivity contribution in [3.8, 4) is 5.75 Å². The van der Waals surface area contributed by atoms with Gasteiger partial charge in [0.1, 0.15) is 0 Å². The van der Waals surface area contributed by atoms with E-state index < -0.39 is 0 Å². The molecular formula is C16H15BrN4O. The zero-order chi connectivity index (χ0) is 15.7. The van der Waals surface area contributed by atoms with Crippen LogP contribution in [0.5, 0.6) is 5.75 Å². The minimum absolute atomic E-state index is 0.133. The van der Waals surface area contributed by atoms with Crippen LogP contribution >= 0.6 is 15.9 Å². The molecular weight excluding hydrogens is 344 g/mol. The summed E-state index contributed by atoms with van der Waals surface area (Å²) in [5, 5.41) is 18.6. The lowest BCUT2D eigenvalue weighted by atomic mass is 10.1. The molecule has 112 valence electrons. The molecule has 0 radical (unpaired) electrons. The third-order valence-corrected chi connectivity index (χ3v) is 3.74. The molecule has 1 N–H and O–H groups in total. The predicted molar refractivity (Wildman–Crippen MR) is 89.3 cm³/mol. The lowest BCUT2D eigenvalue weighted by Crippen LogP contribution is -1.87. The maximum absolute atomic E-state index is 9.95. The molecule has 2 heterocycles. The molecule has 0 bridgehead atoms. The number of rotatable bonds is 3. The normalized spacial score (nSPS) is 11.8. The van der Waals surface area contributed by atoms with Gasteiger partial charge >= 0.3 is 0 Å². The minimum atomic E-state index is 0.133. The molecule has 6 heteroatoms. The number of azo groups is 1. The second-order valence-electron chi connectivity index (χ2n) is 5.24. The first-order chi connectivity index (χ1) is 10.6. The summed E-state index contributed by atoms with van der Waals surface area (Å²) in [6.07, 6.45) is 1.82. The maximum Gasteiger partial charge on any atom is 0.183 e. The summed E-state index contributed by atoms with van der Waals surface area (Å²) in [6, 6.07) is 11.0. The maximum atomic E-state index is 9.95. The highest BCUT2D eigenvalue weighted by Gasteiger charge is 2.16. The third-order valence-electron chi connectivity index (χ3n) is 3.25. The molecule has 3 rings (SSSR count). The molecule has 3 aromatic rings. The second-order valence-corrected chi connectivity index (χ2v) is 6.16. The van der Waals surface area contributed by atoms with Crippen LogP contribution in [0.25, 0.3) is 5.65 Å². The van der Waals surface area contributed by atoms with Gasteiger partial charge < -0.3 is 5.11 Å². The summed E-state index contributed by atoms with van der Waals surface area (Å²) in [4.78, 5) is 4.49. The Bertz CT molecular complexity index is 854. The van der Waals surface area contributed by atoms with Gasteiger partial charge in [-0.2, -0.15) is 0 Å². The van der Waals surface area contributed by atoms with Crippen LogP contribution in [0.2, 0.25) is 0 Å². The van der Waals surface area contributed by atoms with Gasteiger partial charge in [-0.3, -0.25) is 4.40 Å². The van der Waals surface area contributed by atoms with Crippen LogP contribution in [0, 0.1) is 0 Å². The van der Waals surface area contributed by atoms with Crippen LogP contribution in [0.15, 0.2) is 57.3 Å². The summed E-state index contributed by atoms with van der Waals surface area (Å²) >= 11 is 3.42. The van der Waals surface area contributed by atoms with Gasteiger partial charge in [-0.15, -0.1) is 10.2 Å². The van der Waals surface area contributed by atoms with Gasteiger partial charge in [0.15, 0.2) is 17.2 Å². The molecule has 5 nitrogen and oxygen atoms in total. The fourth-order valence-corrected chi connectivity index (χ4v) is 2.58. The topological polar surface area (TPSA) is 62.2 Å². The summed E-state index contributed by atoms with van der Waals surface area (Å²) < 4.78 is 2.70. The summed E-state index contributed by atoms with van der Waals surface area (Å²) in [5.74, 6) is 0.949. The molecule has 22 heavy (non-hydrogen) atoms. The van der Waals surface area contributed by atoms with E-state index in [1.54, 1.807) is 16.5 Å². The van der Waals surface area contributed by atoms with Crippen molar-refractivity contribution < 1.29 is 5.11 Å². The summed E-state index contributed by atoms with van der Waals surface area (Å²) in [5.41, 5.74) is 2.05. The number of benzene rings is 1. The lowest BCUT2D eigenvalue weighted by molar-refractivity contribution is 0.477. The van der Waals surface area contributed by atoms with E-state index in [4.69, 9.17) is 0 Å². The van der Waals surface area contributed by atoms with Gasteiger partial charge in [0.05, 0.1) is 11.4 Å². The number of halogens is 1. The molecule has 0 aliphatic rings. The average Bonchev–Trinajstić information content (AvgIpc) is 2.86. The van der Waals surface area contributed by atoms with E-state index in [0.29, 0.717) is 11.5 Å². The number of pyridine rings is 1. The van der Waals surface area contributed by atoms with Crippen LogP contribution in [0.1, 0.15) is 25.5 Å². The van der Waals surface area contributed by atoms with Crippen LogP contribution in [-0.4, -0.2) is 14.5 Å². The standard InChI is InChI=1S/C16H15BrN4O/c1-10(2)14-16(20-19-12-6-3-5-11(17)9-12)21-8-4-7-13(22)15(21)18-14/h3-10,22H,1-2H3. The zero-order valence-corrected chi connectivity index (χ0v) is 13.8. The Hall–Kier alpha value is -2.21. The van der Waals surface area contributed by atoms with E-state index >= 15 is 0 Å². The Morgan fingerprint density at radius 1 is 1.18 bits per heavy atom. The Morgan fingerprint density at radius 2 is 2.00 bits per heavy atom. The Kier molecular flexibility index (Phi) is 3.94. The Morgan fingerprint density at radius 3 is 2.73 bits per heavy atom. The van der Waals surface area contributed by atoms with Crippen LogP contribution < -0.4 is 0 Å². The zero-order valence-electron chi connectivity index (χ0n) is 12.2. The number of hydrogen-bond donors (Lipinski definition) is 1. The van der Waals surface area contributed by atoms with E-state index in [2.05, 4.69) is 31.1 Å². The molecule has 0 atom stereocenters. The van der Waals surface area contributed by atoms with Gasteiger partial charge in [-0.05, 0) is 36.2 Å². The first-order valence-electron chi connectivity index (χ1n) is 6.93. The molecule has 0 saturated heterocycles. The highest BCUT2D eigenvalue weighted by atomic mass is 79.9.